The van der Waals surface area contributed by atoms with Crippen LogP contribution in [-0.4, -0.2) is 25.4 Å². The highest BCUT2D eigenvalue weighted by molar-refractivity contribution is 6.31. The lowest BCUT2D eigenvalue weighted by atomic mass is 10.0. The van der Waals surface area contributed by atoms with Crippen LogP contribution in [0.3, 0.4) is 0 Å². The van der Waals surface area contributed by atoms with Gasteiger partial charge in [-0.3, -0.25) is 9.59 Å². The minimum absolute atomic E-state index is 0.0470. The maximum absolute atomic E-state index is 14.9. The van der Waals surface area contributed by atoms with Crippen molar-refractivity contribution >= 4 is 29.2 Å². The maximum atomic E-state index is 14.9. The van der Waals surface area contributed by atoms with E-state index in [9.17, 15) is 18.4 Å². The number of benzene rings is 1. The molecule has 1 aromatic carbocycles. The van der Waals surface area contributed by atoms with Crippen molar-refractivity contribution in [1.29, 1.82) is 0 Å². The highest BCUT2D eigenvalue weighted by Crippen LogP contribution is 2.33. The molecule has 2 aromatic heterocycles. The lowest BCUT2D eigenvalue weighted by Crippen LogP contribution is -2.24. The van der Waals surface area contributed by atoms with Crippen molar-refractivity contribution < 1.29 is 18.7 Å². The van der Waals surface area contributed by atoms with Gasteiger partial charge >= 0.3 is 5.97 Å². The molecule has 0 unspecified atom stereocenters. The number of halogens is 4. The van der Waals surface area contributed by atoms with Crippen molar-refractivity contribution in [2.45, 2.75) is 19.9 Å². The third kappa shape index (κ3) is 3.65. The first-order valence-electron chi connectivity index (χ1n) is 8.06. The topological polar surface area (TPSA) is 77.1 Å². The molecule has 146 valence electrons. The van der Waals surface area contributed by atoms with Crippen molar-refractivity contribution in [3.05, 3.63) is 68.2 Å². The van der Waals surface area contributed by atoms with E-state index in [0.29, 0.717) is 0 Å². The SMILES string of the molecule is CCn1c(-c2c(F)cc(CC(=O)O)cc2F)c(-n2cc(Cl)cn2)cc(Cl)c1=O. The molecular weight excluding hydrogens is 415 g/mol. The normalized spacial score (nSPS) is 11.0. The zero-order valence-corrected chi connectivity index (χ0v) is 15.9. The summed E-state index contributed by atoms with van der Waals surface area (Å²) in [7, 11) is 0. The maximum Gasteiger partial charge on any atom is 0.307 e. The number of aromatic nitrogens is 3. The average molecular weight is 428 g/mol. The lowest BCUT2D eigenvalue weighted by Gasteiger charge is -2.18. The summed E-state index contributed by atoms with van der Waals surface area (Å²) in [5.41, 5.74) is -1.12. The summed E-state index contributed by atoms with van der Waals surface area (Å²) >= 11 is 11.9. The van der Waals surface area contributed by atoms with Crippen molar-refractivity contribution in [2.75, 3.05) is 0 Å². The van der Waals surface area contributed by atoms with E-state index in [0.717, 1.165) is 16.7 Å². The van der Waals surface area contributed by atoms with Crippen molar-refractivity contribution in [3.63, 3.8) is 0 Å². The molecule has 10 heteroatoms. The number of pyridine rings is 1. The molecule has 2 heterocycles. The molecule has 0 aliphatic heterocycles. The van der Waals surface area contributed by atoms with Crippen molar-refractivity contribution in [3.8, 4) is 16.9 Å². The number of nitrogens with zero attached hydrogens (tertiary/aromatic N) is 3. The number of carboxylic acids is 1. The van der Waals surface area contributed by atoms with Crippen LogP contribution in [0.1, 0.15) is 12.5 Å². The Labute approximate surface area is 167 Å². The molecule has 0 atom stereocenters. The highest BCUT2D eigenvalue weighted by Gasteiger charge is 2.24. The van der Waals surface area contributed by atoms with E-state index in [4.69, 9.17) is 28.3 Å². The van der Waals surface area contributed by atoms with Gasteiger partial charge in [-0.1, -0.05) is 23.2 Å². The number of hydrogen-bond acceptors (Lipinski definition) is 3. The van der Waals surface area contributed by atoms with E-state index >= 15 is 0 Å². The molecule has 0 aliphatic carbocycles. The van der Waals surface area contributed by atoms with Crippen LogP contribution in [0.25, 0.3) is 16.9 Å². The molecule has 0 amide bonds. The fourth-order valence-corrected chi connectivity index (χ4v) is 3.26. The van der Waals surface area contributed by atoms with Crippen molar-refractivity contribution in [2.24, 2.45) is 0 Å². The molecule has 3 rings (SSSR count). The summed E-state index contributed by atoms with van der Waals surface area (Å²) in [6, 6.07) is 3.09. The molecule has 0 saturated heterocycles. The first-order valence-corrected chi connectivity index (χ1v) is 8.82. The van der Waals surface area contributed by atoms with Crippen LogP contribution in [0.5, 0.6) is 0 Å². The van der Waals surface area contributed by atoms with Gasteiger partial charge in [-0.15, -0.1) is 0 Å². The second kappa shape index (κ2) is 7.73. The Balaban J connectivity index is 2.37. The summed E-state index contributed by atoms with van der Waals surface area (Å²) in [5.74, 6) is -3.25. The van der Waals surface area contributed by atoms with Crippen molar-refractivity contribution in [1.82, 2.24) is 14.3 Å². The van der Waals surface area contributed by atoms with Gasteiger partial charge in [-0.05, 0) is 30.7 Å². The fourth-order valence-electron chi connectivity index (χ4n) is 2.92. The summed E-state index contributed by atoms with van der Waals surface area (Å²) in [4.78, 5) is 23.3. The predicted molar refractivity (Wildman–Crippen MR) is 100 cm³/mol. The van der Waals surface area contributed by atoms with E-state index in [1.807, 2.05) is 0 Å². The molecule has 6 nitrogen and oxygen atoms in total. The van der Waals surface area contributed by atoms with Gasteiger partial charge < -0.3 is 9.67 Å². The second-order valence-electron chi connectivity index (χ2n) is 5.88. The highest BCUT2D eigenvalue weighted by atomic mass is 35.5. The molecule has 0 radical (unpaired) electrons. The van der Waals surface area contributed by atoms with Crippen LogP contribution in [-0.2, 0) is 17.8 Å². The van der Waals surface area contributed by atoms with Gasteiger partial charge in [0.05, 0.1) is 34.6 Å². The second-order valence-corrected chi connectivity index (χ2v) is 6.73. The van der Waals surface area contributed by atoms with E-state index in [1.165, 1.54) is 23.1 Å². The monoisotopic (exact) mass is 427 g/mol. The van der Waals surface area contributed by atoms with E-state index in [1.54, 1.807) is 6.92 Å². The minimum Gasteiger partial charge on any atom is -0.481 e. The number of carbonyl (C=O) groups is 1. The molecule has 0 aliphatic rings. The molecule has 1 N–H and O–H groups in total. The van der Waals surface area contributed by atoms with Gasteiger partial charge in [0.25, 0.3) is 5.56 Å². The third-order valence-corrected chi connectivity index (χ3v) is 4.50. The van der Waals surface area contributed by atoms with Gasteiger partial charge in [-0.2, -0.15) is 5.10 Å². The fraction of sp³-hybridized carbons (Fsp3) is 0.167. The number of rotatable bonds is 5. The molecule has 0 saturated carbocycles. The van der Waals surface area contributed by atoms with Crippen LogP contribution >= 0.6 is 23.2 Å². The molecule has 0 bridgehead atoms. The number of hydrogen-bond donors (Lipinski definition) is 1. The Hall–Kier alpha value is -2.71. The summed E-state index contributed by atoms with van der Waals surface area (Å²) < 4.78 is 32.1. The average Bonchev–Trinajstić information content (AvgIpc) is 3.03. The van der Waals surface area contributed by atoms with Gasteiger partial charge in [0.15, 0.2) is 0 Å². The summed E-state index contributed by atoms with van der Waals surface area (Å²) in [6.07, 6.45) is 2.18. The Morgan fingerprint density at radius 3 is 2.36 bits per heavy atom. The molecular formula is C18H13Cl2F2N3O3. The Kier molecular flexibility index (Phi) is 5.53. The number of aliphatic carboxylic acids is 1. The minimum atomic E-state index is -1.23. The van der Waals surface area contributed by atoms with Crippen LogP contribution in [0.2, 0.25) is 10.0 Å². The van der Waals surface area contributed by atoms with Gasteiger partial charge in [-0.25, -0.2) is 13.5 Å². The molecule has 3 aromatic rings. The van der Waals surface area contributed by atoms with Crippen LogP contribution < -0.4 is 5.56 Å². The number of carboxylic acid groups (broad SMARTS) is 1. The molecule has 28 heavy (non-hydrogen) atoms. The molecule has 0 spiro atoms. The lowest BCUT2D eigenvalue weighted by molar-refractivity contribution is -0.136. The van der Waals surface area contributed by atoms with Gasteiger partial charge in [0.1, 0.15) is 16.7 Å². The zero-order valence-electron chi connectivity index (χ0n) is 14.4. The standard InChI is InChI=1S/C18H13Cl2F2N3O3/c1-2-24-17(16-12(21)3-9(4-13(16)22)5-15(26)27)14(6-11(20)18(24)28)25-8-10(19)7-23-25/h3-4,6-8H,2,5H2,1H3,(H,26,27). The smallest absolute Gasteiger partial charge is 0.307 e. The Bertz CT molecular complexity index is 1120. The largest absolute Gasteiger partial charge is 0.481 e. The Morgan fingerprint density at radius 1 is 1.21 bits per heavy atom. The van der Waals surface area contributed by atoms with Crippen LogP contribution in [0.15, 0.2) is 35.4 Å². The van der Waals surface area contributed by atoms with Crippen LogP contribution in [0.4, 0.5) is 8.78 Å². The predicted octanol–water partition coefficient (Wildman–Crippen LogP) is 3.93. The van der Waals surface area contributed by atoms with Crippen LogP contribution in [0, 0.1) is 11.6 Å². The molecule has 0 fully saturated rings. The third-order valence-electron chi connectivity index (χ3n) is 4.03. The zero-order chi connectivity index (χ0) is 20.6. The van der Waals surface area contributed by atoms with E-state index < -0.39 is 35.1 Å². The quantitative estimate of drug-likeness (QED) is 0.668. The summed E-state index contributed by atoms with van der Waals surface area (Å²) in [5, 5.41) is 13.0. The first kappa shape index (κ1) is 20.0. The first-order chi connectivity index (χ1) is 13.2. The van der Waals surface area contributed by atoms with Gasteiger partial charge in [0.2, 0.25) is 0 Å². The van der Waals surface area contributed by atoms with E-state index in [2.05, 4.69) is 5.10 Å². The van der Waals surface area contributed by atoms with Gasteiger partial charge in [0, 0.05) is 12.7 Å². The Morgan fingerprint density at radius 2 is 1.86 bits per heavy atom. The summed E-state index contributed by atoms with van der Waals surface area (Å²) in [6.45, 7) is 1.70. The van der Waals surface area contributed by atoms with E-state index in [-0.39, 0.29) is 33.5 Å².